The molecule has 1 aromatic heterocycles. The number of piperidine rings is 1. The van der Waals surface area contributed by atoms with Crippen molar-refractivity contribution in [1.82, 2.24) is 4.37 Å². The summed E-state index contributed by atoms with van der Waals surface area (Å²) in [5.74, 6) is 0.651. The quantitative estimate of drug-likeness (QED) is 0.749. The summed E-state index contributed by atoms with van der Waals surface area (Å²) in [5, 5.41) is 1.23. The van der Waals surface area contributed by atoms with Gasteiger partial charge in [0.2, 0.25) is 0 Å². The molecule has 72 valence electrons. The summed E-state index contributed by atoms with van der Waals surface area (Å²) in [6.45, 7) is 3.43. The maximum atomic E-state index is 5.60. The third-order valence-corrected chi connectivity index (χ3v) is 3.44. The van der Waals surface area contributed by atoms with Crippen molar-refractivity contribution in [2.24, 2.45) is 0 Å². The first kappa shape index (κ1) is 8.81. The van der Waals surface area contributed by atoms with Crippen LogP contribution in [0.15, 0.2) is 6.07 Å². The summed E-state index contributed by atoms with van der Waals surface area (Å²) in [6, 6.07) is 2.63. The molecule has 2 heterocycles. The third-order valence-electron chi connectivity index (χ3n) is 2.60. The van der Waals surface area contributed by atoms with E-state index < -0.39 is 0 Å². The van der Waals surface area contributed by atoms with Crippen LogP contribution in [0.3, 0.4) is 0 Å². The molecule has 3 nitrogen and oxygen atoms in total. The molecular weight excluding hydrogens is 182 g/mol. The van der Waals surface area contributed by atoms with E-state index in [1.807, 2.05) is 6.07 Å². The van der Waals surface area contributed by atoms with Crippen molar-refractivity contribution in [2.75, 3.05) is 17.2 Å². The Kier molecular flexibility index (Phi) is 2.40. The Morgan fingerprint density at radius 1 is 1.62 bits per heavy atom. The van der Waals surface area contributed by atoms with Gasteiger partial charge in [0.1, 0.15) is 10.8 Å². The monoisotopic (exact) mass is 197 g/mol. The lowest BCUT2D eigenvalue weighted by Gasteiger charge is -2.33. The highest BCUT2D eigenvalue weighted by molar-refractivity contribution is 7.10. The van der Waals surface area contributed by atoms with Gasteiger partial charge >= 0.3 is 0 Å². The third kappa shape index (κ3) is 1.77. The molecule has 0 radical (unpaired) electrons. The summed E-state index contributed by atoms with van der Waals surface area (Å²) >= 11 is 1.51. The minimum absolute atomic E-state index is 0.647. The highest BCUT2D eigenvalue weighted by Gasteiger charge is 2.19. The number of aromatic nitrogens is 1. The Labute approximate surface area is 82.7 Å². The van der Waals surface area contributed by atoms with E-state index >= 15 is 0 Å². The van der Waals surface area contributed by atoms with Crippen LogP contribution >= 0.6 is 11.5 Å². The molecule has 0 bridgehead atoms. The maximum Gasteiger partial charge on any atom is 0.139 e. The summed E-state index contributed by atoms with van der Waals surface area (Å²) in [7, 11) is 0. The van der Waals surface area contributed by atoms with Crippen LogP contribution in [0.4, 0.5) is 10.8 Å². The Bertz CT molecular complexity index is 284. The Balaban J connectivity index is 2.14. The largest absolute Gasteiger partial charge is 0.383 e. The van der Waals surface area contributed by atoms with Crippen molar-refractivity contribution < 1.29 is 0 Å². The van der Waals surface area contributed by atoms with Crippen molar-refractivity contribution in [3.63, 3.8) is 0 Å². The molecule has 1 aliphatic rings. The van der Waals surface area contributed by atoms with E-state index in [1.54, 1.807) is 0 Å². The van der Waals surface area contributed by atoms with Crippen LogP contribution in [0.25, 0.3) is 0 Å². The van der Waals surface area contributed by atoms with Gasteiger partial charge in [-0.05, 0) is 37.7 Å². The molecule has 1 unspecified atom stereocenters. The second-order valence-electron chi connectivity index (χ2n) is 3.63. The van der Waals surface area contributed by atoms with Crippen LogP contribution in [0, 0.1) is 0 Å². The number of hydrogen-bond acceptors (Lipinski definition) is 4. The van der Waals surface area contributed by atoms with Gasteiger partial charge in [0.05, 0.1) is 0 Å². The Hall–Kier alpha value is -0.770. The molecule has 1 atom stereocenters. The van der Waals surface area contributed by atoms with Gasteiger partial charge in [0.15, 0.2) is 0 Å². The molecule has 1 aliphatic heterocycles. The van der Waals surface area contributed by atoms with Gasteiger partial charge in [-0.3, -0.25) is 0 Å². The summed E-state index contributed by atoms with van der Waals surface area (Å²) in [4.78, 5) is 2.41. The molecule has 0 aliphatic carbocycles. The molecule has 4 heteroatoms. The van der Waals surface area contributed by atoms with E-state index in [0.717, 1.165) is 6.54 Å². The second kappa shape index (κ2) is 3.54. The summed E-state index contributed by atoms with van der Waals surface area (Å²) in [5.41, 5.74) is 5.60. The molecule has 0 saturated carbocycles. The zero-order valence-corrected chi connectivity index (χ0v) is 8.68. The maximum absolute atomic E-state index is 5.60. The molecule has 1 saturated heterocycles. The topological polar surface area (TPSA) is 42.1 Å². The first-order valence-electron chi connectivity index (χ1n) is 4.76. The van der Waals surface area contributed by atoms with Crippen LogP contribution in [0.2, 0.25) is 0 Å². The van der Waals surface area contributed by atoms with Gasteiger partial charge in [-0.25, -0.2) is 0 Å². The fourth-order valence-corrected chi connectivity index (χ4v) is 2.64. The van der Waals surface area contributed by atoms with E-state index in [1.165, 1.54) is 35.8 Å². The average Bonchev–Trinajstić information content (AvgIpc) is 2.53. The zero-order chi connectivity index (χ0) is 9.26. The predicted molar refractivity (Wildman–Crippen MR) is 57.2 cm³/mol. The first-order chi connectivity index (χ1) is 6.27. The zero-order valence-electron chi connectivity index (χ0n) is 7.86. The van der Waals surface area contributed by atoms with Crippen LogP contribution in [-0.4, -0.2) is 17.0 Å². The summed E-state index contributed by atoms with van der Waals surface area (Å²) < 4.78 is 4.10. The molecule has 0 amide bonds. The Morgan fingerprint density at radius 3 is 3.08 bits per heavy atom. The molecule has 13 heavy (non-hydrogen) atoms. The minimum atomic E-state index is 0.647. The SMILES string of the molecule is CC1CCCCN1c1cc(N)ns1. The number of anilines is 2. The highest BCUT2D eigenvalue weighted by Crippen LogP contribution is 2.29. The lowest BCUT2D eigenvalue weighted by molar-refractivity contribution is 0.487. The van der Waals surface area contributed by atoms with Crippen molar-refractivity contribution >= 4 is 22.4 Å². The normalized spacial score (nSPS) is 23.5. The van der Waals surface area contributed by atoms with Gasteiger partial charge in [-0.2, -0.15) is 4.37 Å². The predicted octanol–water partition coefficient (Wildman–Crippen LogP) is 2.10. The van der Waals surface area contributed by atoms with Crippen molar-refractivity contribution in [2.45, 2.75) is 32.2 Å². The number of hydrogen-bond donors (Lipinski definition) is 1. The molecule has 0 aromatic carbocycles. The van der Waals surface area contributed by atoms with Crippen LogP contribution in [0.5, 0.6) is 0 Å². The molecule has 0 spiro atoms. The fraction of sp³-hybridized carbons (Fsp3) is 0.667. The molecule has 2 rings (SSSR count). The number of rotatable bonds is 1. The number of nitrogens with zero attached hydrogens (tertiary/aromatic N) is 2. The highest BCUT2D eigenvalue weighted by atomic mass is 32.1. The van der Waals surface area contributed by atoms with E-state index in [-0.39, 0.29) is 0 Å². The molecule has 1 aromatic rings. The minimum Gasteiger partial charge on any atom is -0.383 e. The molecule has 2 N–H and O–H groups in total. The lowest BCUT2D eigenvalue weighted by Crippen LogP contribution is -2.36. The van der Waals surface area contributed by atoms with Gasteiger partial charge in [-0.15, -0.1) is 0 Å². The number of nitrogens with two attached hydrogens (primary N) is 1. The van der Waals surface area contributed by atoms with Gasteiger partial charge in [0.25, 0.3) is 0 Å². The van der Waals surface area contributed by atoms with E-state index in [9.17, 15) is 0 Å². The summed E-state index contributed by atoms with van der Waals surface area (Å²) in [6.07, 6.45) is 3.94. The molecular formula is C9H15N3S. The number of nitrogen functional groups attached to an aromatic ring is 1. The van der Waals surface area contributed by atoms with Crippen molar-refractivity contribution in [3.8, 4) is 0 Å². The van der Waals surface area contributed by atoms with Gasteiger partial charge in [-0.1, -0.05) is 0 Å². The van der Waals surface area contributed by atoms with Crippen molar-refractivity contribution in [1.29, 1.82) is 0 Å². The standard InChI is InChI=1S/C9H15N3S/c1-7-4-2-3-5-12(7)9-6-8(10)11-13-9/h6-7H,2-5H2,1H3,(H2,10,11). The van der Waals surface area contributed by atoms with Gasteiger partial charge in [0, 0.05) is 18.7 Å². The molecule has 1 fully saturated rings. The van der Waals surface area contributed by atoms with Gasteiger partial charge < -0.3 is 10.6 Å². The Morgan fingerprint density at radius 2 is 2.46 bits per heavy atom. The van der Waals surface area contributed by atoms with Crippen LogP contribution in [0.1, 0.15) is 26.2 Å². The van der Waals surface area contributed by atoms with E-state index in [2.05, 4.69) is 16.2 Å². The average molecular weight is 197 g/mol. The van der Waals surface area contributed by atoms with E-state index in [4.69, 9.17) is 5.73 Å². The second-order valence-corrected chi connectivity index (χ2v) is 4.41. The van der Waals surface area contributed by atoms with Crippen LogP contribution in [-0.2, 0) is 0 Å². The van der Waals surface area contributed by atoms with Crippen molar-refractivity contribution in [3.05, 3.63) is 6.07 Å². The smallest absolute Gasteiger partial charge is 0.139 e. The van der Waals surface area contributed by atoms with Crippen LogP contribution < -0.4 is 10.6 Å². The fourth-order valence-electron chi connectivity index (χ4n) is 1.84. The van der Waals surface area contributed by atoms with E-state index in [0.29, 0.717) is 11.9 Å². The first-order valence-corrected chi connectivity index (χ1v) is 5.53. The lowest BCUT2D eigenvalue weighted by atomic mass is 10.0.